The Morgan fingerprint density at radius 1 is 1.47 bits per heavy atom. The van der Waals surface area contributed by atoms with Crippen LogP contribution in [0, 0.1) is 17.6 Å². The number of carbonyl (C=O) groups excluding carboxylic acids is 1. The number of hydrogen-bond donors (Lipinski definition) is 0. The Bertz CT molecular complexity index is 458. The Labute approximate surface area is 106 Å². The van der Waals surface area contributed by atoms with Gasteiger partial charge in [0.15, 0.2) is 11.6 Å². The lowest BCUT2D eigenvalue weighted by molar-refractivity contribution is -0.143. The van der Waals surface area contributed by atoms with Crippen LogP contribution in [0.2, 0.25) is 0 Å². The predicted octanol–water partition coefficient (Wildman–Crippen LogP) is 3.39. The van der Waals surface area contributed by atoms with Crippen molar-refractivity contribution in [3.8, 4) is 0 Å². The molecule has 0 spiro atoms. The van der Waals surface area contributed by atoms with E-state index in [1.54, 1.807) is 0 Å². The van der Waals surface area contributed by atoms with Gasteiger partial charge in [0.25, 0.3) is 0 Å². The number of methoxy groups -OCH3 is 1. The summed E-state index contributed by atoms with van der Waals surface area (Å²) in [6.07, 6.45) is 1.82. The second-order valence-electron chi connectivity index (χ2n) is 4.10. The summed E-state index contributed by atoms with van der Waals surface area (Å²) in [6.45, 7) is 0. The average molecular weight is 305 g/mol. The summed E-state index contributed by atoms with van der Waals surface area (Å²) in [4.78, 5) is 11.7. The van der Waals surface area contributed by atoms with Crippen molar-refractivity contribution in [3.63, 3.8) is 0 Å². The smallest absolute Gasteiger partial charge is 0.313 e. The molecule has 5 heteroatoms. The molecule has 0 amide bonds. The molecule has 0 aromatic heterocycles. The van der Waals surface area contributed by atoms with Crippen LogP contribution in [0.3, 0.4) is 0 Å². The second kappa shape index (κ2) is 4.72. The highest BCUT2D eigenvalue weighted by Gasteiger charge is 2.39. The van der Waals surface area contributed by atoms with Crippen molar-refractivity contribution in [2.24, 2.45) is 5.92 Å². The molecule has 0 saturated heterocycles. The summed E-state index contributed by atoms with van der Waals surface area (Å²) in [5.74, 6) is -2.63. The van der Waals surface area contributed by atoms with Crippen LogP contribution in [0.1, 0.15) is 24.3 Å². The van der Waals surface area contributed by atoms with E-state index < -0.39 is 23.5 Å². The normalized spacial score (nSPS) is 16.7. The summed E-state index contributed by atoms with van der Waals surface area (Å²) >= 11 is 3.00. The first kappa shape index (κ1) is 12.5. The summed E-state index contributed by atoms with van der Waals surface area (Å²) in [7, 11) is 1.30. The lowest BCUT2D eigenvalue weighted by Crippen LogP contribution is -2.17. The van der Waals surface area contributed by atoms with Crippen LogP contribution in [0.5, 0.6) is 0 Å². The van der Waals surface area contributed by atoms with Crippen LogP contribution < -0.4 is 0 Å². The van der Waals surface area contributed by atoms with Crippen molar-refractivity contribution >= 4 is 21.9 Å². The van der Waals surface area contributed by atoms with Crippen LogP contribution in [-0.4, -0.2) is 13.1 Å². The van der Waals surface area contributed by atoms with Gasteiger partial charge in [-0.15, -0.1) is 0 Å². The fourth-order valence-corrected chi connectivity index (χ4v) is 2.48. The van der Waals surface area contributed by atoms with Crippen LogP contribution in [-0.2, 0) is 9.53 Å². The Morgan fingerprint density at radius 2 is 2.12 bits per heavy atom. The van der Waals surface area contributed by atoms with Crippen molar-refractivity contribution < 1.29 is 18.3 Å². The van der Waals surface area contributed by atoms with Gasteiger partial charge in [0.05, 0.1) is 17.5 Å². The minimum absolute atomic E-state index is 0.0137. The molecule has 1 aliphatic carbocycles. The molecule has 1 atom stereocenters. The van der Waals surface area contributed by atoms with Gasteiger partial charge in [-0.3, -0.25) is 4.79 Å². The van der Waals surface area contributed by atoms with E-state index in [0.29, 0.717) is 5.56 Å². The molecule has 0 radical (unpaired) electrons. The van der Waals surface area contributed by atoms with Crippen LogP contribution in [0.4, 0.5) is 8.78 Å². The predicted molar refractivity (Wildman–Crippen MR) is 61.5 cm³/mol. The van der Waals surface area contributed by atoms with Crippen LogP contribution in [0.25, 0.3) is 0 Å². The molecule has 0 heterocycles. The standard InChI is InChI=1S/C12H11BrF2O2/c1-17-12(16)9(6-2-3-6)7-4-5-8(14)11(15)10(7)13/h4-6,9H,2-3H2,1H3. The van der Waals surface area contributed by atoms with Gasteiger partial charge < -0.3 is 4.74 Å². The minimum atomic E-state index is -0.961. The third-order valence-corrected chi connectivity index (χ3v) is 3.75. The third kappa shape index (κ3) is 2.34. The van der Waals surface area contributed by atoms with Gasteiger partial charge in [-0.1, -0.05) is 6.07 Å². The molecule has 1 unspecified atom stereocenters. The van der Waals surface area contributed by atoms with E-state index in [4.69, 9.17) is 4.74 Å². The first-order chi connectivity index (χ1) is 8.06. The molecule has 1 aromatic carbocycles. The Balaban J connectivity index is 2.43. The van der Waals surface area contributed by atoms with Gasteiger partial charge in [0.2, 0.25) is 0 Å². The number of ether oxygens (including phenoxy) is 1. The number of halogens is 3. The summed E-state index contributed by atoms with van der Waals surface area (Å²) in [5, 5.41) is 0. The highest BCUT2D eigenvalue weighted by atomic mass is 79.9. The second-order valence-corrected chi connectivity index (χ2v) is 4.90. The maximum absolute atomic E-state index is 13.4. The Hall–Kier alpha value is -0.970. The van der Waals surface area contributed by atoms with Crippen molar-refractivity contribution in [2.45, 2.75) is 18.8 Å². The van der Waals surface area contributed by atoms with Gasteiger partial charge in [-0.25, -0.2) is 8.78 Å². The topological polar surface area (TPSA) is 26.3 Å². The Kier molecular flexibility index (Phi) is 3.47. The van der Waals surface area contributed by atoms with Crippen LogP contribution >= 0.6 is 15.9 Å². The molecular formula is C12H11BrF2O2. The molecule has 1 fully saturated rings. The van der Waals surface area contributed by atoms with Crippen molar-refractivity contribution in [2.75, 3.05) is 7.11 Å². The molecule has 17 heavy (non-hydrogen) atoms. The largest absolute Gasteiger partial charge is 0.469 e. The maximum Gasteiger partial charge on any atom is 0.313 e. The molecule has 1 saturated carbocycles. The average Bonchev–Trinajstić information content (AvgIpc) is 3.13. The van der Waals surface area contributed by atoms with Gasteiger partial charge in [-0.2, -0.15) is 0 Å². The quantitative estimate of drug-likeness (QED) is 0.632. The van der Waals surface area contributed by atoms with Gasteiger partial charge in [0, 0.05) is 0 Å². The molecule has 0 N–H and O–H groups in total. The zero-order chi connectivity index (χ0) is 12.6. The molecule has 92 valence electrons. The zero-order valence-electron chi connectivity index (χ0n) is 9.17. The number of rotatable bonds is 3. The van der Waals surface area contributed by atoms with E-state index in [0.717, 1.165) is 18.9 Å². The lowest BCUT2D eigenvalue weighted by Gasteiger charge is -2.16. The molecule has 0 aliphatic heterocycles. The minimum Gasteiger partial charge on any atom is -0.469 e. The number of esters is 1. The van der Waals surface area contributed by atoms with E-state index in [-0.39, 0.29) is 10.4 Å². The van der Waals surface area contributed by atoms with Crippen LogP contribution in [0.15, 0.2) is 16.6 Å². The lowest BCUT2D eigenvalue weighted by atomic mass is 9.94. The fraction of sp³-hybridized carbons (Fsp3) is 0.417. The monoisotopic (exact) mass is 304 g/mol. The number of carbonyl (C=O) groups is 1. The highest BCUT2D eigenvalue weighted by Crippen LogP contribution is 2.45. The summed E-state index contributed by atoms with van der Waals surface area (Å²) in [5.41, 5.74) is 0.457. The molecule has 1 aromatic rings. The SMILES string of the molecule is COC(=O)C(c1ccc(F)c(F)c1Br)C1CC1. The van der Waals surface area contributed by atoms with Crippen molar-refractivity contribution in [1.82, 2.24) is 0 Å². The fourth-order valence-electron chi connectivity index (χ4n) is 1.91. The van der Waals surface area contributed by atoms with Crippen molar-refractivity contribution in [1.29, 1.82) is 0 Å². The zero-order valence-corrected chi connectivity index (χ0v) is 10.8. The number of hydrogen-bond acceptors (Lipinski definition) is 2. The molecule has 0 bridgehead atoms. The van der Waals surface area contributed by atoms with Gasteiger partial charge in [0.1, 0.15) is 0 Å². The van der Waals surface area contributed by atoms with E-state index in [1.807, 2.05) is 0 Å². The van der Waals surface area contributed by atoms with Gasteiger partial charge >= 0.3 is 5.97 Å². The van der Waals surface area contributed by atoms with E-state index in [9.17, 15) is 13.6 Å². The molecule has 2 rings (SSSR count). The summed E-state index contributed by atoms with van der Waals surface area (Å²) in [6, 6.07) is 2.47. The van der Waals surface area contributed by atoms with E-state index in [2.05, 4.69) is 15.9 Å². The van der Waals surface area contributed by atoms with Crippen molar-refractivity contribution in [3.05, 3.63) is 33.8 Å². The first-order valence-electron chi connectivity index (χ1n) is 5.27. The first-order valence-corrected chi connectivity index (χ1v) is 6.06. The molecule has 1 aliphatic rings. The van der Waals surface area contributed by atoms with E-state index in [1.165, 1.54) is 13.2 Å². The van der Waals surface area contributed by atoms with Gasteiger partial charge in [-0.05, 0) is 46.3 Å². The number of benzene rings is 1. The molecule has 2 nitrogen and oxygen atoms in total. The molecular weight excluding hydrogens is 294 g/mol. The third-order valence-electron chi connectivity index (χ3n) is 2.95. The Morgan fingerprint density at radius 3 is 2.65 bits per heavy atom. The summed E-state index contributed by atoms with van der Waals surface area (Å²) < 4.78 is 31.2. The maximum atomic E-state index is 13.4. The van der Waals surface area contributed by atoms with E-state index >= 15 is 0 Å². The highest BCUT2D eigenvalue weighted by molar-refractivity contribution is 9.10.